The first-order chi connectivity index (χ1) is 12.8. The van der Waals surface area contributed by atoms with Crippen molar-refractivity contribution in [3.63, 3.8) is 0 Å². The molecule has 2 aromatic heterocycles. The molecule has 140 valence electrons. The number of fused-ring (bicyclic) bond motifs is 1. The Morgan fingerprint density at radius 1 is 1.15 bits per heavy atom. The third-order valence-corrected chi connectivity index (χ3v) is 5.21. The zero-order valence-corrected chi connectivity index (χ0v) is 16.3. The lowest BCUT2D eigenvalue weighted by Gasteiger charge is -2.17. The van der Waals surface area contributed by atoms with Crippen LogP contribution >= 0.6 is 11.3 Å². The standard InChI is InChI=1S/C20H21N3O3S/c1-20(2,3)19(26)21-10-13-8-9-17(27-13)16(24)11-23-12-22-15-7-5-4-6-14(15)18(23)25/h4-9,12H,10-11H2,1-3H3,(H,21,26). The molecule has 0 aliphatic rings. The van der Waals surface area contributed by atoms with Crippen molar-refractivity contribution in [1.82, 2.24) is 14.9 Å². The highest BCUT2D eigenvalue weighted by Gasteiger charge is 2.21. The van der Waals surface area contributed by atoms with Crippen molar-refractivity contribution in [2.45, 2.75) is 33.9 Å². The highest BCUT2D eigenvalue weighted by molar-refractivity contribution is 7.14. The number of benzene rings is 1. The van der Waals surface area contributed by atoms with Gasteiger partial charge in [0.2, 0.25) is 5.91 Å². The molecule has 0 saturated carbocycles. The lowest BCUT2D eigenvalue weighted by atomic mass is 9.96. The second kappa shape index (κ2) is 7.44. The average Bonchev–Trinajstić information content (AvgIpc) is 3.10. The van der Waals surface area contributed by atoms with Crippen LogP contribution in [-0.4, -0.2) is 21.2 Å². The fourth-order valence-corrected chi connectivity index (χ4v) is 3.38. The lowest BCUT2D eigenvalue weighted by Crippen LogP contribution is -2.34. The van der Waals surface area contributed by atoms with Crippen molar-refractivity contribution in [1.29, 1.82) is 0 Å². The number of hydrogen-bond acceptors (Lipinski definition) is 5. The van der Waals surface area contributed by atoms with Gasteiger partial charge in [0.15, 0.2) is 5.78 Å². The lowest BCUT2D eigenvalue weighted by molar-refractivity contribution is -0.128. The zero-order chi connectivity index (χ0) is 19.6. The van der Waals surface area contributed by atoms with Gasteiger partial charge < -0.3 is 5.32 Å². The molecule has 0 spiro atoms. The fraction of sp³-hybridized carbons (Fsp3) is 0.300. The summed E-state index contributed by atoms with van der Waals surface area (Å²) in [6.45, 7) is 5.86. The molecular weight excluding hydrogens is 362 g/mol. The molecule has 0 aliphatic heterocycles. The summed E-state index contributed by atoms with van der Waals surface area (Å²) >= 11 is 1.32. The Hall–Kier alpha value is -2.80. The van der Waals surface area contributed by atoms with E-state index >= 15 is 0 Å². The van der Waals surface area contributed by atoms with Crippen LogP contribution in [0.15, 0.2) is 47.5 Å². The van der Waals surface area contributed by atoms with E-state index in [4.69, 9.17) is 0 Å². The predicted octanol–water partition coefficient (Wildman–Crippen LogP) is 3.00. The molecule has 0 bridgehead atoms. The van der Waals surface area contributed by atoms with Gasteiger partial charge in [0.1, 0.15) is 0 Å². The summed E-state index contributed by atoms with van der Waals surface area (Å²) in [6.07, 6.45) is 1.40. The van der Waals surface area contributed by atoms with Crippen LogP contribution in [0.4, 0.5) is 0 Å². The maximum absolute atomic E-state index is 12.5. The first-order valence-electron chi connectivity index (χ1n) is 8.60. The van der Waals surface area contributed by atoms with Gasteiger partial charge in [0, 0.05) is 10.3 Å². The number of aromatic nitrogens is 2. The minimum absolute atomic E-state index is 0.0439. The smallest absolute Gasteiger partial charge is 0.261 e. The SMILES string of the molecule is CC(C)(C)C(=O)NCc1ccc(C(=O)Cn2cnc3ccccc3c2=O)s1. The number of nitrogens with one attached hydrogen (secondary N) is 1. The van der Waals surface area contributed by atoms with Crippen LogP contribution in [0.25, 0.3) is 10.9 Å². The number of thiophene rings is 1. The highest BCUT2D eigenvalue weighted by Crippen LogP contribution is 2.19. The Morgan fingerprint density at radius 3 is 2.63 bits per heavy atom. The molecule has 27 heavy (non-hydrogen) atoms. The Bertz CT molecular complexity index is 1060. The van der Waals surface area contributed by atoms with E-state index in [9.17, 15) is 14.4 Å². The van der Waals surface area contributed by atoms with Crippen LogP contribution in [0.5, 0.6) is 0 Å². The van der Waals surface area contributed by atoms with Crippen molar-refractivity contribution in [3.8, 4) is 0 Å². The van der Waals surface area contributed by atoms with Crippen LogP contribution in [-0.2, 0) is 17.9 Å². The van der Waals surface area contributed by atoms with Crippen molar-refractivity contribution >= 4 is 33.9 Å². The number of para-hydroxylation sites is 1. The molecule has 0 aliphatic carbocycles. The Labute approximate surface area is 160 Å². The summed E-state index contributed by atoms with van der Waals surface area (Å²) in [4.78, 5) is 42.7. The summed E-state index contributed by atoms with van der Waals surface area (Å²) in [6, 6.07) is 10.6. The van der Waals surface area contributed by atoms with Crippen molar-refractivity contribution in [3.05, 3.63) is 62.8 Å². The predicted molar refractivity (Wildman–Crippen MR) is 106 cm³/mol. The largest absolute Gasteiger partial charge is 0.351 e. The molecule has 0 unspecified atom stereocenters. The molecule has 2 heterocycles. The van der Waals surface area contributed by atoms with E-state index in [1.54, 1.807) is 24.3 Å². The molecule has 0 saturated heterocycles. The maximum Gasteiger partial charge on any atom is 0.261 e. The van der Waals surface area contributed by atoms with Crippen molar-refractivity contribution in [2.24, 2.45) is 5.41 Å². The monoisotopic (exact) mass is 383 g/mol. The second-order valence-corrected chi connectivity index (χ2v) is 8.48. The van der Waals surface area contributed by atoms with Crippen LogP contribution in [0.2, 0.25) is 0 Å². The van der Waals surface area contributed by atoms with Gasteiger partial charge in [-0.3, -0.25) is 19.0 Å². The molecule has 7 heteroatoms. The highest BCUT2D eigenvalue weighted by atomic mass is 32.1. The molecular formula is C20H21N3O3S. The van der Waals surface area contributed by atoms with Gasteiger partial charge in [-0.2, -0.15) is 0 Å². The molecule has 1 N–H and O–H groups in total. The number of rotatable bonds is 5. The normalized spacial score (nSPS) is 11.5. The summed E-state index contributed by atoms with van der Waals surface area (Å²) in [5.74, 6) is -0.204. The van der Waals surface area contributed by atoms with Crippen molar-refractivity contribution < 1.29 is 9.59 Å². The molecule has 0 fully saturated rings. The Kier molecular flexibility index (Phi) is 5.23. The van der Waals surface area contributed by atoms with Gasteiger partial charge in [-0.25, -0.2) is 4.98 Å². The van der Waals surface area contributed by atoms with Crippen LogP contribution in [0.3, 0.4) is 0 Å². The molecule has 0 atom stereocenters. The van der Waals surface area contributed by atoms with E-state index in [0.717, 1.165) is 4.88 Å². The van der Waals surface area contributed by atoms with Gasteiger partial charge in [0.25, 0.3) is 5.56 Å². The van der Waals surface area contributed by atoms with Crippen LogP contribution < -0.4 is 10.9 Å². The minimum atomic E-state index is -0.458. The molecule has 0 radical (unpaired) electrons. The minimum Gasteiger partial charge on any atom is -0.351 e. The number of ketones is 1. The third-order valence-electron chi connectivity index (χ3n) is 4.09. The van der Waals surface area contributed by atoms with Gasteiger partial charge in [-0.15, -0.1) is 11.3 Å². The van der Waals surface area contributed by atoms with E-state index in [1.807, 2.05) is 32.9 Å². The number of hydrogen-bond donors (Lipinski definition) is 1. The van der Waals surface area contributed by atoms with Gasteiger partial charge in [-0.1, -0.05) is 32.9 Å². The fourth-order valence-electron chi connectivity index (χ4n) is 2.51. The Morgan fingerprint density at radius 2 is 1.89 bits per heavy atom. The van der Waals surface area contributed by atoms with Crippen LogP contribution in [0.1, 0.15) is 35.3 Å². The topological polar surface area (TPSA) is 81.1 Å². The maximum atomic E-state index is 12.5. The van der Waals surface area contributed by atoms with E-state index < -0.39 is 5.41 Å². The quantitative estimate of drug-likeness (QED) is 0.687. The van der Waals surface area contributed by atoms with Crippen LogP contribution in [0, 0.1) is 5.41 Å². The first kappa shape index (κ1) is 19.0. The summed E-state index contributed by atoms with van der Waals surface area (Å²) in [5, 5.41) is 3.36. The summed E-state index contributed by atoms with van der Waals surface area (Å²) < 4.78 is 1.32. The first-order valence-corrected chi connectivity index (χ1v) is 9.42. The van der Waals surface area contributed by atoms with Gasteiger partial charge in [-0.05, 0) is 24.3 Å². The van der Waals surface area contributed by atoms with E-state index in [0.29, 0.717) is 22.3 Å². The number of Topliss-reactive ketones (excluding diaryl/α,β-unsaturated/α-hetero) is 1. The molecule has 6 nitrogen and oxygen atoms in total. The van der Waals surface area contributed by atoms with Crippen molar-refractivity contribution in [2.75, 3.05) is 0 Å². The third kappa shape index (κ3) is 4.31. The van der Waals surface area contributed by atoms with E-state index in [2.05, 4.69) is 10.3 Å². The number of amides is 1. The molecule has 3 rings (SSSR count). The summed E-state index contributed by atoms with van der Waals surface area (Å²) in [5.41, 5.74) is -0.0810. The van der Waals surface area contributed by atoms with Gasteiger partial charge >= 0.3 is 0 Å². The molecule has 3 aromatic rings. The van der Waals surface area contributed by atoms with E-state index in [1.165, 1.54) is 22.2 Å². The molecule has 1 aromatic carbocycles. The molecule has 1 amide bonds. The number of nitrogens with zero attached hydrogens (tertiary/aromatic N) is 2. The number of carbonyl (C=O) groups is 2. The van der Waals surface area contributed by atoms with Gasteiger partial charge in [0.05, 0.1) is 35.2 Å². The zero-order valence-electron chi connectivity index (χ0n) is 15.5. The second-order valence-electron chi connectivity index (χ2n) is 7.32. The Balaban J connectivity index is 1.71. The summed E-state index contributed by atoms with van der Waals surface area (Å²) in [7, 11) is 0. The average molecular weight is 383 g/mol. The number of carbonyl (C=O) groups excluding carboxylic acids is 2. The van der Waals surface area contributed by atoms with E-state index in [-0.39, 0.29) is 23.8 Å².